The third-order valence-corrected chi connectivity index (χ3v) is 4.85. The minimum absolute atomic E-state index is 0.0318. The molecule has 0 amide bonds. The van der Waals surface area contributed by atoms with Gasteiger partial charge < -0.3 is 5.11 Å². The number of thioether (sulfide) groups is 1. The Balaban J connectivity index is 1.77. The number of nitrogens with zero attached hydrogens (tertiary/aromatic N) is 4. The maximum Gasteiger partial charge on any atom is 0.303 e. The second-order valence-electron chi connectivity index (χ2n) is 5.04. The fraction of sp³-hybridized carbons (Fsp3) is 0.500. The minimum atomic E-state index is -0.715. The first-order chi connectivity index (χ1) is 9.10. The predicted molar refractivity (Wildman–Crippen MR) is 70.9 cm³/mol. The Hall–Kier alpha value is -1.63. The van der Waals surface area contributed by atoms with Gasteiger partial charge in [0.25, 0.3) is 0 Å². The Morgan fingerprint density at radius 3 is 3.00 bits per heavy atom. The van der Waals surface area contributed by atoms with Crippen molar-refractivity contribution in [3.63, 3.8) is 0 Å². The second kappa shape index (κ2) is 4.48. The van der Waals surface area contributed by atoms with Gasteiger partial charge in [0.2, 0.25) is 0 Å². The molecular weight excluding hydrogens is 264 g/mol. The third-order valence-electron chi connectivity index (χ3n) is 3.49. The summed E-state index contributed by atoms with van der Waals surface area (Å²) in [5, 5.41) is 14.9. The van der Waals surface area contributed by atoms with Gasteiger partial charge in [0.15, 0.2) is 5.65 Å². The van der Waals surface area contributed by atoms with Gasteiger partial charge in [-0.1, -0.05) is 0 Å². The molecule has 0 unspecified atom stereocenters. The number of carbonyl (C=O) groups is 1. The van der Waals surface area contributed by atoms with E-state index in [-0.39, 0.29) is 11.8 Å². The largest absolute Gasteiger partial charge is 0.481 e. The van der Waals surface area contributed by atoms with Gasteiger partial charge in [0, 0.05) is 12.8 Å². The molecule has 7 heteroatoms. The fourth-order valence-electron chi connectivity index (χ4n) is 2.15. The third kappa shape index (κ3) is 2.42. The molecule has 1 fully saturated rings. The summed E-state index contributed by atoms with van der Waals surface area (Å²) in [6.45, 7) is 0. The lowest BCUT2D eigenvalue weighted by atomic mass is 10.1. The molecule has 0 aliphatic heterocycles. The Morgan fingerprint density at radius 2 is 2.32 bits per heavy atom. The highest BCUT2D eigenvalue weighted by Crippen LogP contribution is 2.52. The van der Waals surface area contributed by atoms with Gasteiger partial charge in [-0.3, -0.25) is 9.48 Å². The molecule has 1 N–H and O–H groups in total. The lowest BCUT2D eigenvalue weighted by molar-refractivity contribution is -0.138. The number of aromatic nitrogens is 4. The summed E-state index contributed by atoms with van der Waals surface area (Å²) in [4.78, 5) is 19.3. The van der Waals surface area contributed by atoms with Gasteiger partial charge >= 0.3 is 5.97 Å². The fourth-order valence-corrected chi connectivity index (χ4v) is 3.40. The molecule has 0 radical (unpaired) electrons. The first kappa shape index (κ1) is 12.4. The number of aryl methyl sites for hydroxylation is 1. The van der Waals surface area contributed by atoms with Gasteiger partial charge in [-0.15, -0.1) is 11.8 Å². The van der Waals surface area contributed by atoms with Gasteiger partial charge in [-0.25, -0.2) is 9.97 Å². The van der Waals surface area contributed by atoms with Crippen molar-refractivity contribution in [2.24, 2.45) is 12.5 Å². The molecule has 1 aliphatic rings. The molecule has 1 aliphatic carbocycles. The van der Waals surface area contributed by atoms with Crippen molar-refractivity contribution in [2.45, 2.75) is 24.3 Å². The smallest absolute Gasteiger partial charge is 0.303 e. The molecule has 3 rings (SSSR count). The number of fused-ring (bicyclic) bond motifs is 1. The average Bonchev–Trinajstić information content (AvgIpc) is 3.02. The van der Waals surface area contributed by atoms with Gasteiger partial charge in [0.05, 0.1) is 18.0 Å². The van der Waals surface area contributed by atoms with Crippen LogP contribution in [0.3, 0.4) is 0 Å². The summed E-state index contributed by atoms with van der Waals surface area (Å²) in [7, 11) is 1.84. The van der Waals surface area contributed by atoms with Crippen LogP contribution in [0.2, 0.25) is 0 Å². The van der Waals surface area contributed by atoms with E-state index >= 15 is 0 Å². The summed E-state index contributed by atoms with van der Waals surface area (Å²) in [5.74, 6) is 0.0765. The van der Waals surface area contributed by atoms with Crippen LogP contribution in [0.15, 0.2) is 17.6 Å². The van der Waals surface area contributed by atoms with Crippen LogP contribution in [-0.4, -0.2) is 36.6 Å². The van der Waals surface area contributed by atoms with E-state index in [2.05, 4.69) is 15.1 Å². The first-order valence-electron chi connectivity index (χ1n) is 6.07. The highest BCUT2D eigenvalue weighted by Gasteiger charge is 2.44. The lowest BCUT2D eigenvalue weighted by Crippen LogP contribution is -2.11. The summed E-state index contributed by atoms with van der Waals surface area (Å²) in [5.41, 5.74) is 0.774. The molecule has 19 heavy (non-hydrogen) atoms. The number of carboxylic acid groups (broad SMARTS) is 1. The van der Waals surface area contributed by atoms with Crippen molar-refractivity contribution in [1.29, 1.82) is 0 Å². The van der Waals surface area contributed by atoms with Gasteiger partial charge in [0.1, 0.15) is 11.4 Å². The highest BCUT2D eigenvalue weighted by molar-refractivity contribution is 7.99. The monoisotopic (exact) mass is 278 g/mol. The Labute approximate surface area is 114 Å². The quantitative estimate of drug-likeness (QED) is 0.662. The minimum Gasteiger partial charge on any atom is -0.481 e. The number of rotatable bonds is 5. The van der Waals surface area contributed by atoms with Crippen molar-refractivity contribution in [3.8, 4) is 0 Å². The van der Waals surface area contributed by atoms with E-state index in [9.17, 15) is 4.79 Å². The Kier molecular flexibility index (Phi) is 2.93. The van der Waals surface area contributed by atoms with Gasteiger partial charge in [-0.05, 0) is 18.3 Å². The standard InChI is InChI=1S/C12H14N4O2S/c1-16-10-8(5-15-16)11(14-7-13-10)19-6-12(2-3-12)4-9(17)18/h5,7H,2-4,6H2,1H3,(H,17,18). The summed E-state index contributed by atoms with van der Waals surface area (Å²) >= 11 is 1.61. The SMILES string of the molecule is Cn1ncc2c(SCC3(CC(=O)O)CC3)ncnc21. The molecular formula is C12H14N4O2S. The Morgan fingerprint density at radius 1 is 1.53 bits per heavy atom. The van der Waals surface area contributed by atoms with E-state index < -0.39 is 5.97 Å². The van der Waals surface area contributed by atoms with E-state index in [0.29, 0.717) is 0 Å². The van der Waals surface area contributed by atoms with Crippen molar-refractivity contribution in [1.82, 2.24) is 19.7 Å². The van der Waals surface area contributed by atoms with Gasteiger partial charge in [-0.2, -0.15) is 5.10 Å². The molecule has 0 spiro atoms. The van der Waals surface area contributed by atoms with Crippen LogP contribution in [0.25, 0.3) is 11.0 Å². The van der Waals surface area contributed by atoms with E-state index in [0.717, 1.165) is 34.7 Å². The summed E-state index contributed by atoms with van der Waals surface area (Å²) in [6, 6.07) is 0. The molecule has 0 saturated heterocycles. The number of hydrogen-bond acceptors (Lipinski definition) is 5. The van der Waals surface area contributed by atoms with Crippen LogP contribution >= 0.6 is 11.8 Å². The number of aliphatic carboxylic acids is 1. The average molecular weight is 278 g/mol. The number of carboxylic acids is 1. The molecule has 2 aromatic heterocycles. The van der Waals surface area contributed by atoms with Crippen LogP contribution < -0.4 is 0 Å². The topological polar surface area (TPSA) is 80.9 Å². The molecule has 6 nitrogen and oxygen atoms in total. The van der Waals surface area contributed by atoms with Crippen LogP contribution in [0.5, 0.6) is 0 Å². The maximum absolute atomic E-state index is 10.8. The van der Waals surface area contributed by atoms with E-state index in [1.54, 1.807) is 22.6 Å². The van der Waals surface area contributed by atoms with Crippen molar-refractivity contribution < 1.29 is 9.90 Å². The zero-order valence-corrected chi connectivity index (χ0v) is 11.4. The van der Waals surface area contributed by atoms with Crippen molar-refractivity contribution in [3.05, 3.63) is 12.5 Å². The van der Waals surface area contributed by atoms with Crippen molar-refractivity contribution in [2.75, 3.05) is 5.75 Å². The lowest BCUT2D eigenvalue weighted by Gasteiger charge is -2.11. The first-order valence-corrected chi connectivity index (χ1v) is 7.06. The molecule has 2 heterocycles. The molecule has 2 aromatic rings. The van der Waals surface area contributed by atoms with Crippen LogP contribution in [-0.2, 0) is 11.8 Å². The zero-order valence-electron chi connectivity index (χ0n) is 10.5. The van der Waals surface area contributed by atoms with Crippen molar-refractivity contribution >= 4 is 28.8 Å². The molecule has 0 bridgehead atoms. The van der Waals surface area contributed by atoms with E-state index in [1.807, 2.05) is 7.05 Å². The van der Waals surface area contributed by atoms with Crippen LogP contribution in [0, 0.1) is 5.41 Å². The summed E-state index contributed by atoms with van der Waals surface area (Å²) < 4.78 is 1.71. The molecule has 0 atom stereocenters. The molecule has 100 valence electrons. The highest BCUT2D eigenvalue weighted by atomic mass is 32.2. The molecule has 0 aromatic carbocycles. The maximum atomic E-state index is 10.8. The zero-order chi connectivity index (χ0) is 13.5. The number of hydrogen-bond donors (Lipinski definition) is 1. The Bertz CT molecular complexity index is 636. The van der Waals surface area contributed by atoms with E-state index in [4.69, 9.17) is 5.11 Å². The molecule has 1 saturated carbocycles. The van der Waals surface area contributed by atoms with E-state index in [1.165, 1.54) is 6.33 Å². The van der Waals surface area contributed by atoms with Crippen LogP contribution in [0.4, 0.5) is 0 Å². The summed E-state index contributed by atoms with van der Waals surface area (Å²) in [6.07, 6.45) is 5.53. The predicted octanol–water partition coefficient (Wildman–Crippen LogP) is 1.71. The normalized spacial score (nSPS) is 16.7. The second-order valence-corrected chi connectivity index (χ2v) is 6.01. The van der Waals surface area contributed by atoms with Crippen LogP contribution in [0.1, 0.15) is 19.3 Å².